The number of amides is 1. The molecule has 3 nitrogen and oxygen atoms in total. The number of nitrogens with one attached hydrogen (secondary N) is 1. The highest BCUT2D eigenvalue weighted by Gasteiger charge is 2.26. The van der Waals surface area contributed by atoms with Crippen LogP contribution in [0.25, 0.3) is 6.08 Å². The molecule has 1 amide bonds. The van der Waals surface area contributed by atoms with E-state index >= 15 is 0 Å². The highest BCUT2D eigenvalue weighted by Crippen LogP contribution is 2.25. The molecule has 0 aromatic heterocycles. The van der Waals surface area contributed by atoms with Crippen LogP contribution in [0.15, 0.2) is 30.3 Å². The highest BCUT2D eigenvalue weighted by molar-refractivity contribution is 5.91. The first-order chi connectivity index (χ1) is 8.63. The third-order valence-electron chi connectivity index (χ3n) is 3.25. The lowest BCUT2D eigenvalue weighted by Gasteiger charge is -2.31. The van der Waals surface area contributed by atoms with Gasteiger partial charge in [-0.1, -0.05) is 29.8 Å². The summed E-state index contributed by atoms with van der Waals surface area (Å²) in [6.45, 7) is 2.69. The van der Waals surface area contributed by atoms with E-state index in [-0.39, 0.29) is 12.0 Å². The summed E-state index contributed by atoms with van der Waals surface area (Å²) < 4.78 is 0. The van der Waals surface area contributed by atoms with E-state index in [0.717, 1.165) is 18.4 Å². The molecule has 1 aliphatic rings. The Morgan fingerprint density at radius 2 is 2.28 bits per heavy atom. The van der Waals surface area contributed by atoms with Crippen LogP contribution in [-0.4, -0.2) is 23.7 Å². The van der Waals surface area contributed by atoms with Crippen LogP contribution >= 0.6 is 0 Å². The topological polar surface area (TPSA) is 49.3 Å². The molecule has 2 rings (SSSR count). The van der Waals surface area contributed by atoms with Gasteiger partial charge in [-0.15, -0.1) is 0 Å². The van der Waals surface area contributed by atoms with E-state index in [1.807, 2.05) is 37.3 Å². The Bertz CT molecular complexity index is 448. The number of carbonyl (C=O) groups is 1. The summed E-state index contributed by atoms with van der Waals surface area (Å²) in [6, 6.07) is 8.01. The Morgan fingerprint density at radius 1 is 1.50 bits per heavy atom. The fourth-order valence-corrected chi connectivity index (χ4v) is 2.12. The van der Waals surface area contributed by atoms with Gasteiger partial charge in [-0.3, -0.25) is 4.79 Å². The molecule has 18 heavy (non-hydrogen) atoms. The van der Waals surface area contributed by atoms with Crippen molar-refractivity contribution in [3.8, 4) is 0 Å². The Balaban J connectivity index is 1.76. The van der Waals surface area contributed by atoms with Crippen molar-refractivity contribution >= 4 is 12.0 Å². The quantitative estimate of drug-likeness (QED) is 0.796. The lowest BCUT2D eigenvalue weighted by molar-refractivity contribution is -0.117. The fraction of sp³-hybridized carbons (Fsp3) is 0.400. The molecule has 0 spiro atoms. The maximum Gasteiger partial charge on any atom is 0.244 e. The monoisotopic (exact) mass is 245 g/mol. The first-order valence-electron chi connectivity index (χ1n) is 6.34. The number of aryl methyl sites for hydroxylation is 1. The lowest BCUT2D eigenvalue weighted by Crippen LogP contribution is -2.37. The highest BCUT2D eigenvalue weighted by atomic mass is 16.3. The van der Waals surface area contributed by atoms with Crippen LogP contribution < -0.4 is 5.32 Å². The fourth-order valence-electron chi connectivity index (χ4n) is 2.12. The molecule has 2 N–H and O–H groups in total. The van der Waals surface area contributed by atoms with Gasteiger partial charge in [0.05, 0.1) is 6.10 Å². The van der Waals surface area contributed by atoms with Crippen molar-refractivity contribution in [3.05, 3.63) is 41.5 Å². The van der Waals surface area contributed by atoms with Gasteiger partial charge in [0.25, 0.3) is 0 Å². The first kappa shape index (κ1) is 12.8. The third-order valence-corrected chi connectivity index (χ3v) is 3.25. The van der Waals surface area contributed by atoms with Gasteiger partial charge in [-0.05, 0) is 37.3 Å². The first-order valence-corrected chi connectivity index (χ1v) is 6.34. The Kier molecular flexibility index (Phi) is 4.15. The predicted octanol–water partition coefficient (Wildman–Crippen LogP) is 1.90. The van der Waals surface area contributed by atoms with Crippen molar-refractivity contribution in [1.82, 2.24) is 5.32 Å². The third kappa shape index (κ3) is 3.70. The second-order valence-electron chi connectivity index (χ2n) is 4.98. The largest absolute Gasteiger partial charge is 0.393 e. The van der Waals surface area contributed by atoms with E-state index in [1.54, 1.807) is 6.08 Å². The molecule has 0 atom stereocenters. The van der Waals surface area contributed by atoms with Crippen molar-refractivity contribution in [1.29, 1.82) is 0 Å². The van der Waals surface area contributed by atoms with Crippen LogP contribution in [0.4, 0.5) is 0 Å². The zero-order chi connectivity index (χ0) is 13.0. The van der Waals surface area contributed by atoms with E-state index < -0.39 is 0 Å². The van der Waals surface area contributed by atoms with Crippen LogP contribution in [0.5, 0.6) is 0 Å². The molecule has 0 radical (unpaired) electrons. The zero-order valence-corrected chi connectivity index (χ0v) is 10.6. The molecule has 1 aromatic rings. The summed E-state index contributed by atoms with van der Waals surface area (Å²) in [5.41, 5.74) is 2.21. The maximum absolute atomic E-state index is 11.6. The van der Waals surface area contributed by atoms with Gasteiger partial charge in [-0.25, -0.2) is 0 Å². The molecule has 0 unspecified atom stereocenters. The minimum Gasteiger partial charge on any atom is -0.393 e. The molecular formula is C15H19NO2. The number of aliphatic hydroxyl groups excluding tert-OH is 1. The van der Waals surface area contributed by atoms with Crippen molar-refractivity contribution in [2.45, 2.75) is 25.9 Å². The van der Waals surface area contributed by atoms with Crippen LogP contribution in [0.1, 0.15) is 24.0 Å². The maximum atomic E-state index is 11.6. The number of hydrogen-bond acceptors (Lipinski definition) is 2. The minimum atomic E-state index is -0.158. The SMILES string of the molecule is Cc1cccc(C=CC(=O)NCC2CC(O)C2)c1. The molecule has 1 fully saturated rings. The van der Waals surface area contributed by atoms with Gasteiger partial charge in [0.1, 0.15) is 0 Å². The van der Waals surface area contributed by atoms with Gasteiger partial charge in [0, 0.05) is 12.6 Å². The molecule has 1 saturated carbocycles. The van der Waals surface area contributed by atoms with Gasteiger partial charge in [0.15, 0.2) is 0 Å². The van der Waals surface area contributed by atoms with Crippen molar-refractivity contribution in [2.24, 2.45) is 5.92 Å². The number of benzene rings is 1. The molecule has 0 bridgehead atoms. The van der Waals surface area contributed by atoms with Crippen LogP contribution in [0.3, 0.4) is 0 Å². The van der Waals surface area contributed by atoms with Gasteiger partial charge in [0.2, 0.25) is 5.91 Å². The second-order valence-corrected chi connectivity index (χ2v) is 4.98. The van der Waals surface area contributed by atoms with E-state index in [1.165, 1.54) is 5.56 Å². The standard InChI is InChI=1S/C15H19NO2/c1-11-3-2-4-12(7-11)5-6-15(18)16-10-13-8-14(17)9-13/h2-7,13-14,17H,8-10H2,1H3,(H,16,18). The Morgan fingerprint density at radius 3 is 2.94 bits per heavy atom. The van der Waals surface area contributed by atoms with Gasteiger partial charge < -0.3 is 10.4 Å². The minimum absolute atomic E-state index is 0.0714. The number of hydrogen-bond donors (Lipinski definition) is 2. The molecule has 0 aliphatic heterocycles. The average Bonchev–Trinajstić information content (AvgIpc) is 2.31. The molecule has 96 valence electrons. The summed E-state index contributed by atoms with van der Waals surface area (Å²) >= 11 is 0. The molecule has 1 aromatic carbocycles. The molecule has 0 heterocycles. The van der Waals surface area contributed by atoms with E-state index in [9.17, 15) is 4.79 Å². The predicted molar refractivity (Wildman–Crippen MR) is 72.0 cm³/mol. The summed E-state index contributed by atoms with van der Waals surface area (Å²) in [7, 11) is 0. The number of rotatable bonds is 4. The van der Waals surface area contributed by atoms with Crippen molar-refractivity contribution in [3.63, 3.8) is 0 Å². The molecule has 3 heteroatoms. The van der Waals surface area contributed by atoms with Crippen LogP contribution in [-0.2, 0) is 4.79 Å². The number of aliphatic hydroxyl groups is 1. The van der Waals surface area contributed by atoms with Gasteiger partial charge in [-0.2, -0.15) is 0 Å². The van der Waals surface area contributed by atoms with Crippen LogP contribution in [0, 0.1) is 12.8 Å². The van der Waals surface area contributed by atoms with Crippen molar-refractivity contribution < 1.29 is 9.90 Å². The Hall–Kier alpha value is -1.61. The summed E-state index contributed by atoms with van der Waals surface area (Å²) in [6.07, 6.45) is 4.83. The lowest BCUT2D eigenvalue weighted by atomic mass is 9.82. The second kappa shape index (κ2) is 5.83. The zero-order valence-electron chi connectivity index (χ0n) is 10.6. The molecule has 0 saturated heterocycles. The van der Waals surface area contributed by atoms with Crippen LogP contribution in [0.2, 0.25) is 0 Å². The van der Waals surface area contributed by atoms with E-state index in [0.29, 0.717) is 12.5 Å². The average molecular weight is 245 g/mol. The summed E-state index contributed by atoms with van der Waals surface area (Å²) in [5.74, 6) is 0.370. The van der Waals surface area contributed by atoms with Gasteiger partial charge >= 0.3 is 0 Å². The Labute approximate surface area is 108 Å². The smallest absolute Gasteiger partial charge is 0.244 e. The van der Waals surface area contributed by atoms with Crippen molar-refractivity contribution in [2.75, 3.05) is 6.54 Å². The van der Waals surface area contributed by atoms with E-state index in [4.69, 9.17) is 5.11 Å². The molecule has 1 aliphatic carbocycles. The molecular weight excluding hydrogens is 226 g/mol. The summed E-state index contributed by atoms with van der Waals surface area (Å²) in [4.78, 5) is 11.6. The van der Waals surface area contributed by atoms with E-state index in [2.05, 4.69) is 5.32 Å². The normalized spacial score (nSPS) is 22.8. The number of carbonyl (C=O) groups excluding carboxylic acids is 1. The summed E-state index contributed by atoms with van der Waals surface area (Å²) in [5, 5.41) is 12.0.